The van der Waals surface area contributed by atoms with Gasteiger partial charge in [-0.05, 0) is 6.92 Å². The number of hydrogen-bond acceptors (Lipinski definition) is 2. The Balaban J connectivity index is 2.96. The van der Waals surface area contributed by atoms with E-state index in [4.69, 9.17) is 5.90 Å². The van der Waals surface area contributed by atoms with Crippen molar-refractivity contribution in [3.63, 3.8) is 0 Å². The minimum absolute atomic E-state index is 0.0231. The topological polar surface area (TPSA) is 35.2 Å². The van der Waals surface area contributed by atoms with E-state index in [-0.39, 0.29) is 6.10 Å². The molecular weight excluding hydrogens is 78.0 g/mol. The Bertz CT molecular complexity index is 44.8. The lowest BCUT2D eigenvalue weighted by molar-refractivity contribution is 0.0997. The molecule has 0 aromatic heterocycles. The lowest BCUT2D eigenvalue weighted by Gasteiger charge is -1.96. The van der Waals surface area contributed by atoms with Crippen molar-refractivity contribution in [1.29, 1.82) is 0 Å². The quantitative estimate of drug-likeness (QED) is 0.392. The summed E-state index contributed by atoms with van der Waals surface area (Å²) in [5.74, 6) is 4.71. The highest BCUT2D eigenvalue weighted by molar-refractivity contribution is 4.73. The first-order valence-electron chi connectivity index (χ1n) is 1.79. The van der Waals surface area contributed by atoms with Gasteiger partial charge in [0, 0.05) is 0 Å². The molecule has 0 rings (SSSR count). The van der Waals surface area contributed by atoms with Crippen LogP contribution >= 0.6 is 0 Å². The van der Waals surface area contributed by atoms with Gasteiger partial charge < -0.3 is 0 Å². The summed E-state index contributed by atoms with van der Waals surface area (Å²) < 4.78 is 0. The van der Waals surface area contributed by atoms with Crippen LogP contribution in [-0.4, -0.2) is 6.10 Å². The Morgan fingerprint density at radius 2 is 2.50 bits per heavy atom. The maximum Gasteiger partial charge on any atom is 0.0937 e. The van der Waals surface area contributed by atoms with Crippen LogP contribution in [0.3, 0.4) is 0 Å². The van der Waals surface area contributed by atoms with E-state index in [0.717, 1.165) is 0 Å². The van der Waals surface area contributed by atoms with Gasteiger partial charge in [-0.15, -0.1) is 6.58 Å². The molecule has 36 valence electrons. The summed E-state index contributed by atoms with van der Waals surface area (Å²) in [7, 11) is 0. The van der Waals surface area contributed by atoms with Crippen LogP contribution in [0.4, 0.5) is 0 Å². The van der Waals surface area contributed by atoms with E-state index in [2.05, 4.69) is 11.4 Å². The second-order valence-corrected chi connectivity index (χ2v) is 1.08. The van der Waals surface area contributed by atoms with Gasteiger partial charge in [-0.3, -0.25) is 4.84 Å². The fourth-order valence-corrected chi connectivity index (χ4v) is 0.0556. The molecule has 0 amide bonds. The number of hydrogen-bond donors (Lipinski definition) is 1. The van der Waals surface area contributed by atoms with Crippen molar-refractivity contribution in [2.24, 2.45) is 5.90 Å². The molecule has 0 spiro atoms. The van der Waals surface area contributed by atoms with E-state index in [0.29, 0.717) is 0 Å². The molecule has 0 aliphatic heterocycles. The van der Waals surface area contributed by atoms with Crippen LogP contribution in [-0.2, 0) is 4.84 Å². The maximum absolute atomic E-state index is 4.71. The molecule has 0 radical (unpaired) electrons. The van der Waals surface area contributed by atoms with Gasteiger partial charge in [-0.25, -0.2) is 5.90 Å². The zero-order chi connectivity index (χ0) is 4.99. The molecule has 1 atom stereocenters. The Hall–Kier alpha value is -0.340. The average molecular weight is 87.1 g/mol. The molecule has 2 nitrogen and oxygen atoms in total. The molecule has 0 aliphatic rings. The van der Waals surface area contributed by atoms with Crippen molar-refractivity contribution >= 4 is 0 Å². The van der Waals surface area contributed by atoms with Gasteiger partial charge in [0.1, 0.15) is 0 Å². The highest BCUT2D eigenvalue weighted by Gasteiger charge is 1.84. The van der Waals surface area contributed by atoms with Crippen LogP contribution in [0.25, 0.3) is 0 Å². The minimum Gasteiger partial charge on any atom is -0.297 e. The van der Waals surface area contributed by atoms with Gasteiger partial charge in [0.2, 0.25) is 0 Å². The van der Waals surface area contributed by atoms with Crippen molar-refractivity contribution < 1.29 is 4.84 Å². The molecule has 0 heterocycles. The summed E-state index contributed by atoms with van der Waals surface area (Å²) in [6, 6.07) is 0. The van der Waals surface area contributed by atoms with Crippen LogP contribution in [0.1, 0.15) is 6.92 Å². The van der Waals surface area contributed by atoms with Crippen molar-refractivity contribution in [3.8, 4) is 0 Å². The van der Waals surface area contributed by atoms with E-state index in [1.165, 1.54) is 0 Å². The van der Waals surface area contributed by atoms with Crippen molar-refractivity contribution in [1.82, 2.24) is 0 Å². The first-order valence-corrected chi connectivity index (χ1v) is 1.79. The third-order valence-corrected chi connectivity index (χ3v) is 0.547. The molecule has 0 aromatic carbocycles. The molecule has 0 aromatic rings. The number of rotatable bonds is 2. The molecule has 0 aliphatic carbocycles. The van der Waals surface area contributed by atoms with E-state index in [9.17, 15) is 0 Å². The smallest absolute Gasteiger partial charge is 0.0937 e. The van der Waals surface area contributed by atoms with Gasteiger partial charge in [0.25, 0.3) is 0 Å². The first-order chi connectivity index (χ1) is 2.81. The van der Waals surface area contributed by atoms with Gasteiger partial charge in [-0.2, -0.15) is 0 Å². The fraction of sp³-hybridized carbons (Fsp3) is 0.500. The van der Waals surface area contributed by atoms with Crippen LogP contribution in [0.5, 0.6) is 0 Å². The monoisotopic (exact) mass is 87.1 g/mol. The highest BCUT2D eigenvalue weighted by atomic mass is 16.6. The molecule has 2 N–H and O–H groups in total. The second-order valence-electron chi connectivity index (χ2n) is 1.08. The third kappa shape index (κ3) is 1.93. The summed E-state index contributed by atoms with van der Waals surface area (Å²) in [5.41, 5.74) is 0. The third-order valence-electron chi connectivity index (χ3n) is 0.547. The molecule has 6 heavy (non-hydrogen) atoms. The Labute approximate surface area is 37.6 Å². The van der Waals surface area contributed by atoms with Gasteiger partial charge in [0.05, 0.1) is 6.10 Å². The summed E-state index contributed by atoms with van der Waals surface area (Å²) >= 11 is 0. The number of nitrogens with two attached hydrogens (primary N) is 1. The van der Waals surface area contributed by atoms with E-state index in [1.807, 2.05) is 6.92 Å². The SMILES string of the molecule is C=C[C@H](C)ON. The molecule has 0 saturated heterocycles. The van der Waals surface area contributed by atoms with E-state index < -0.39 is 0 Å². The largest absolute Gasteiger partial charge is 0.297 e. The molecule has 0 fully saturated rings. The predicted octanol–water partition coefficient (Wildman–Crippen LogP) is 0.451. The minimum atomic E-state index is -0.0231. The normalized spacial score (nSPS) is 13.7. The molecule has 0 unspecified atom stereocenters. The zero-order valence-electron chi connectivity index (χ0n) is 3.85. The van der Waals surface area contributed by atoms with Crippen LogP contribution < -0.4 is 5.90 Å². The Morgan fingerprint density at radius 1 is 2.00 bits per heavy atom. The highest BCUT2D eigenvalue weighted by Crippen LogP contribution is 1.80. The second kappa shape index (κ2) is 2.87. The molecule has 0 saturated carbocycles. The average Bonchev–Trinajstić information content (AvgIpc) is 1.65. The first kappa shape index (κ1) is 5.66. The lowest BCUT2D eigenvalue weighted by Crippen LogP contribution is -2.08. The summed E-state index contributed by atoms with van der Waals surface area (Å²) in [4.78, 5) is 4.28. The lowest BCUT2D eigenvalue weighted by atomic mass is 10.4. The maximum atomic E-state index is 4.71. The summed E-state index contributed by atoms with van der Waals surface area (Å²) in [6.45, 7) is 5.24. The fourth-order valence-electron chi connectivity index (χ4n) is 0.0556. The van der Waals surface area contributed by atoms with Crippen molar-refractivity contribution in [2.75, 3.05) is 0 Å². The molecule has 0 bridgehead atoms. The van der Waals surface area contributed by atoms with Gasteiger partial charge in [0.15, 0.2) is 0 Å². The summed E-state index contributed by atoms with van der Waals surface area (Å²) in [6.07, 6.45) is 1.60. The standard InChI is InChI=1S/C4H9NO/c1-3-4(2)6-5/h3-4H,1,5H2,2H3/t4-/m0/s1. The van der Waals surface area contributed by atoms with Crippen LogP contribution in [0.2, 0.25) is 0 Å². The van der Waals surface area contributed by atoms with Gasteiger partial charge in [-0.1, -0.05) is 6.08 Å². The van der Waals surface area contributed by atoms with Crippen LogP contribution in [0, 0.1) is 0 Å². The van der Waals surface area contributed by atoms with Crippen molar-refractivity contribution in [2.45, 2.75) is 13.0 Å². The molecule has 2 heteroatoms. The van der Waals surface area contributed by atoms with Gasteiger partial charge >= 0.3 is 0 Å². The Morgan fingerprint density at radius 3 is 2.50 bits per heavy atom. The van der Waals surface area contributed by atoms with E-state index in [1.54, 1.807) is 6.08 Å². The van der Waals surface area contributed by atoms with Crippen LogP contribution in [0.15, 0.2) is 12.7 Å². The zero-order valence-corrected chi connectivity index (χ0v) is 3.85. The Kier molecular flexibility index (Phi) is 2.71. The van der Waals surface area contributed by atoms with E-state index >= 15 is 0 Å². The molecular formula is C4H9NO. The summed E-state index contributed by atoms with van der Waals surface area (Å²) in [5, 5.41) is 0. The predicted molar refractivity (Wildman–Crippen MR) is 24.9 cm³/mol. The van der Waals surface area contributed by atoms with Crippen molar-refractivity contribution in [3.05, 3.63) is 12.7 Å².